The number of nitrogens with zero attached hydrogens (tertiary/aromatic N) is 1. The van der Waals surface area contributed by atoms with E-state index in [-0.39, 0.29) is 0 Å². The standard InChI is InChI=1S/C12H20NS/c1-10(2)12-4-3-11(7-12)8-13-5-6-14-9-13/h5-6,9-12H,3-4,7-8H2,1-2H3/q+1. The molecule has 2 rings (SSSR count). The van der Waals surface area contributed by atoms with Crippen molar-refractivity contribution in [3.8, 4) is 0 Å². The lowest BCUT2D eigenvalue weighted by Crippen LogP contribution is -2.33. The van der Waals surface area contributed by atoms with Gasteiger partial charge in [0.05, 0.1) is 5.38 Å². The second-order valence-electron chi connectivity index (χ2n) is 4.91. The summed E-state index contributed by atoms with van der Waals surface area (Å²) in [6.45, 7) is 5.97. The van der Waals surface area contributed by atoms with Gasteiger partial charge in [-0.3, -0.25) is 0 Å². The van der Waals surface area contributed by atoms with Crippen LogP contribution in [0, 0.1) is 17.8 Å². The molecule has 1 nitrogen and oxygen atoms in total. The Morgan fingerprint density at radius 1 is 1.43 bits per heavy atom. The average Bonchev–Trinajstić information content (AvgIpc) is 2.75. The minimum atomic E-state index is 0.882. The van der Waals surface area contributed by atoms with Gasteiger partial charge >= 0.3 is 0 Å². The van der Waals surface area contributed by atoms with Gasteiger partial charge in [-0.25, -0.2) is 0 Å². The number of hydrogen-bond acceptors (Lipinski definition) is 1. The summed E-state index contributed by atoms with van der Waals surface area (Å²) < 4.78 is 2.35. The first-order valence-electron chi connectivity index (χ1n) is 5.67. The van der Waals surface area contributed by atoms with Crippen LogP contribution in [-0.4, -0.2) is 0 Å². The normalized spacial score (nSPS) is 27.4. The van der Waals surface area contributed by atoms with Crippen LogP contribution in [0.3, 0.4) is 0 Å². The minimum absolute atomic E-state index is 0.882. The molecule has 0 bridgehead atoms. The maximum Gasteiger partial charge on any atom is 0.224 e. The number of hydrogen-bond donors (Lipinski definition) is 0. The quantitative estimate of drug-likeness (QED) is 0.675. The molecule has 1 aromatic rings. The summed E-state index contributed by atoms with van der Waals surface area (Å²) in [6.07, 6.45) is 6.53. The van der Waals surface area contributed by atoms with Crippen LogP contribution in [-0.2, 0) is 6.54 Å². The fraction of sp³-hybridized carbons (Fsp3) is 0.750. The second kappa shape index (κ2) is 4.43. The fourth-order valence-corrected chi connectivity index (χ4v) is 3.16. The van der Waals surface area contributed by atoms with Gasteiger partial charge in [-0.15, -0.1) is 0 Å². The Hall–Kier alpha value is -0.370. The highest BCUT2D eigenvalue weighted by atomic mass is 32.1. The SMILES string of the molecule is CC(C)C1CCC(C[n+]2ccsc2)C1. The lowest BCUT2D eigenvalue weighted by molar-refractivity contribution is -0.698. The molecule has 1 saturated carbocycles. The molecule has 1 aromatic heterocycles. The fourth-order valence-electron chi connectivity index (χ4n) is 2.55. The summed E-state index contributed by atoms with van der Waals surface area (Å²) in [5.74, 6) is 2.80. The topological polar surface area (TPSA) is 3.88 Å². The van der Waals surface area contributed by atoms with Crippen molar-refractivity contribution >= 4 is 11.3 Å². The summed E-state index contributed by atoms with van der Waals surface area (Å²) in [4.78, 5) is 0. The monoisotopic (exact) mass is 210 g/mol. The molecule has 1 heterocycles. The Balaban J connectivity index is 1.84. The van der Waals surface area contributed by atoms with E-state index in [1.54, 1.807) is 11.3 Å². The van der Waals surface area contributed by atoms with Crippen molar-refractivity contribution in [2.24, 2.45) is 17.8 Å². The maximum atomic E-state index is 2.37. The van der Waals surface area contributed by atoms with Crippen LogP contribution < -0.4 is 4.57 Å². The Bertz CT molecular complexity index is 266. The van der Waals surface area contributed by atoms with E-state index in [0.717, 1.165) is 17.8 Å². The Morgan fingerprint density at radius 2 is 2.29 bits per heavy atom. The molecular formula is C12H20NS+. The van der Waals surface area contributed by atoms with Crippen molar-refractivity contribution < 1.29 is 4.57 Å². The lowest BCUT2D eigenvalue weighted by Gasteiger charge is -2.13. The molecule has 1 aliphatic carbocycles. The van der Waals surface area contributed by atoms with Gasteiger partial charge in [-0.05, 0) is 31.1 Å². The van der Waals surface area contributed by atoms with Gasteiger partial charge in [0, 0.05) is 5.92 Å². The summed E-state index contributed by atoms with van der Waals surface area (Å²) in [7, 11) is 0. The highest BCUT2D eigenvalue weighted by Crippen LogP contribution is 2.35. The summed E-state index contributed by atoms with van der Waals surface area (Å²) in [5, 5.41) is 2.16. The third-order valence-corrected chi connectivity index (χ3v) is 4.19. The molecule has 0 saturated heterocycles. The third kappa shape index (κ3) is 2.35. The third-order valence-electron chi connectivity index (χ3n) is 3.52. The van der Waals surface area contributed by atoms with E-state index in [2.05, 4.69) is 35.5 Å². The van der Waals surface area contributed by atoms with Crippen molar-refractivity contribution in [3.63, 3.8) is 0 Å². The van der Waals surface area contributed by atoms with Gasteiger partial charge in [-0.1, -0.05) is 25.2 Å². The minimum Gasteiger partial charge on any atom is -0.195 e. The zero-order valence-electron chi connectivity index (χ0n) is 9.15. The Kier molecular flexibility index (Phi) is 3.22. The first kappa shape index (κ1) is 10.2. The lowest BCUT2D eigenvalue weighted by atomic mass is 9.93. The molecule has 0 aliphatic heterocycles. The number of rotatable bonds is 3. The molecule has 1 aliphatic rings. The van der Waals surface area contributed by atoms with Gasteiger partial charge in [0.1, 0.15) is 0 Å². The summed E-state index contributed by atoms with van der Waals surface area (Å²) >= 11 is 1.79. The molecule has 0 aromatic carbocycles. The molecule has 2 heteroatoms. The largest absolute Gasteiger partial charge is 0.224 e. The smallest absolute Gasteiger partial charge is 0.195 e. The summed E-state index contributed by atoms with van der Waals surface area (Å²) in [5.41, 5.74) is 2.22. The van der Waals surface area contributed by atoms with Crippen LogP contribution in [0.2, 0.25) is 0 Å². The number of thiazole rings is 1. The van der Waals surface area contributed by atoms with Crippen molar-refractivity contribution in [3.05, 3.63) is 17.1 Å². The molecule has 14 heavy (non-hydrogen) atoms. The van der Waals surface area contributed by atoms with Crippen LogP contribution in [0.5, 0.6) is 0 Å². The Morgan fingerprint density at radius 3 is 2.86 bits per heavy atom. The molecule has 78 valence electrons. The van der Waals surface area contributed by atoms with Crippen molar-refractivity contribution in [2.45, 2.75) is 39.7 Å². The highest BCUT2D eigenvalue weighted by molar-refractivity contribution is 7.07. The Labute approximate surface area is 90.8 Å². The predicted molar refractivity (Wildman–Crippen MR) is 60.2 cm³/mol. The first-order chi connectivity index (χ1) is 6.75. The molecular weight excluding hydrogens is 190 g/mol. The molecule has 2 atom stereocenters. The first-order valence-corrected chi connectivity index (χ1v) is 6.61. The van der Waals surface area contributed by atoms with Gasteiger partial charge < -0.3 is 0 Å². The molecule has 0 N–H and O–H groups in total. The van der Waals surface area contributed by atoms with Crippen LogP contribution in [0.1, 0.15) is 33.1 Å². The predicted octanol–water partition coefficient (Wildman–Crippen LogP) is 3.11. The van der Waals surface area contributed by atoms with Crippen molar-refractivity contribution in [1.82, 2.24) is 0 Å². The van der Waals surface area contributed by atoms with Crippen LogP contribution in [0.25, 0.3) is 0 Å². The summed E-state index contributed by atoms with van der Waals surface area (Å²) in [6, 6.07) is 0. The molecule has 0 amide bonds. The number of aromatic nitrogens is 1. The zero-order chi connectivity index (χ0) is 9.97. The van der Waals surface area contributed by atoms with E-state index >= 15 is 0 Å². The van der Waals surface area contributed by atoms with Gasteiger partial charge in [-0.2, -0.15) is 4.57 Å². The molecule has 0 radical (unpaired) electrons. The van der Waals surface area contributed by atoms with Crippen molar-refractivity contribution in [1.29, 1.82) is 0 Å². The van der Waals surface area contributed by atoms with E-state index in [4.69, 9.17) is 0 Å². The van der Waals surface area contributed by atoms with Crippen LogP contribution >= 0.6 is 11.3 Å². The van der Waals surface area contributed by atoms with Crippen molar-refractivity contribution in [2.75, 3.05) is 0 Å². The van der Waals surface area contributed by atoms with E-state index in [0.29, 0.717) is 0 Å². The molecule has 2 unspecified atom stereocenters. The van der Waals surface area contributed by atoms with Crippen LogP contribution in [0.4, 0.5) is 0 Å². The van der Waals surface area contributed by atoms with Crippen LogP contribution in [0.15, 0.2) is 17.1 Å². The maximum absolute atomic E-state index is 2.37. The van der Waals surface area contributed by atoms with E-state index in [1.807, 2.05) is 0 Å². The zero-order valence-corrected chi connectivity index (χ0v) is 9.96. The van der Waals surface area contributed by atoms with Gasteiger partial charge in [0.25, 0.3) is 0 Å². The van der Waals surface area contributed by atoms with E-state index < -0.39 is 0 Å². The van der Waals surface area contributed by atoms with Gasteiger partial charge in [0.15, 0.2) is 12.7 Å². The molecule has 0 spiro atoms. The van der Waals surface area contributed by atoms with E-state index in [1.165, 1.54) is 25.8 Å². The second-order valence-corrected chi connectivity index (χ2v) is 5.66. The van der Waals surface area contributed by atoms with Gasteiger partial charge in [0.2, 0.25) is 5.51 Å². The van der Waals surface area contributed by atoms with E-state index in [9.17, 15) is 0 Å². The average molecular weight is 210 g/mol. The molecule has 1 fully saturated rings. The highest BCUT2D eigenvalue weighted by Gasteiger charge is 2.28.